The summed E-state index contributed by atoms with van der Waals surface area (Å²) in [5.41, 5.74) is 2.88. The average molecular weight is 260 g/mol. The molecule has 0 saturated carbocycles. The van der Waals surface area contributed by atoms with Gasteiger partial charge in [-0.25, -0.2) is 0 Å². The fourth-order valence-corrected chi connectivity index (χ4v) is 3.17. The molecule has 19 heavy (non-hydrogen) atoms. The zero-order valence-corrected chi connectivity index (χ0v) is 12.7. The van der Waals surface area contributed by atoms with E-state index in [4.69, 9.17) is 0 Å². The topological polar surface area (TPSA) is 15.3 Å². The van der Waals surface area contributed by atoms with Crippen LogP contribution in [0, 0.1) is 5.92 Å². The van der Waals surface area contributed by atoms with E-state index in [0.29, 0.717) is 6.04 Å². The van der Waals surface area contributed by atoms with E-state index >= 15 is 0 Å². The summed E-state index contributed by atoms with van der Waals surface area (Å²) < 4.78 is 0. The molecular formula is C17H28N2. The summed E-state index contributed by atoms with van der Waals surface area (Å²) in [6.45, 7) is 10.2. The number of para-hydroxylation sites is 1. The molecule has 1 N–H and O–H groups in total. The Balaban J connectivity index is 2.18. The van der Waals surface area contributed by atoms with Crippen molar-refractivity contribution >= 4 is 5.69 Å². The van der Waals surface area contributed by atoms with Crippen molar-refractivity contribution in [2.24, 2.45) is 5.92 Å². The van der Waals surface area contributed by atoms with Crippen LogP contribution in [-0.2, 0) is 0 Å². The second-order valence-electron chi connectivity index (χ2n) is 5.70. The standard InChI is InChI=1S/C17H28N2/c1-4-15-9-8-12-19(13-15)17-11-7-6-10-16(17)14(3)18-5-2/h6-7,10-11,14-15,18H,4-5,8-9,12-13H2,1-3H3. The third-order valence-electron chi connectivity index (χ3n) is 4.35. The summed E-state index contributed by atoms with van der Waals surface area (Å²) in [7, 11) is 0. The van der Waals surface area contributed by atoms with Crippen LogP contribution < -0.4 is 10.2 Å². The van der Waals surface area contributed by atoms with E-state index in [2.05, 4.69) is 55.3 Å². The van der Waals surface area contributed by atoms with Crippen molar-refractivity contribution in [1.29, 1.82) is 0 Å². The van der Waals surface area contributed by atoms with Gasteiger partial charge in [-0.1, -0.05) is 38.5 Å². The van der Waals surface area contributed by atoms with Crippen LogP contribution in [-0.4, -0.2) is 19.6 Å². The molecule has 2 heteroatoms. The number of hydrogen-bond acceptors (Lipinski definition) is 2. The highest BCUT2D eigenvalue weighted by molar-refractivity contribution is 5.55. The van der Waals surface area contributed by atoms with Gasteiger partial charge in [0.05, 0.1) is 0 Å². The third kappa shape index (κ3) is 3.50. The first-order valence-electron chi connectivity index (χ1n) is 7.83. The van der Waals surface area contributed by atoms with Gasteiger partial charge in [-0.2, -0.15) is 0 Å². The molecule has 0 aromatic heterocycles. The van der Waals surface area contributed by atoms with Crippen molar-refractivity contribution in [3.63, 3.8) is 0 Å². The monoisotopic (exact) mass is 260 g/mol. The number of nitrogens with one attached hydrogen (secondary N) is 1. The quantitative estimate of drug-likeness (QED) is 0.861. The molecule has 1 aliphatic heterocycles. The molecule has 0 bridgehead atoms. The maximum atomic E-state index is 3.54. The van der Waals surface area contributed by atoms with Crippen LogP contribution in [0.1, 0.15) is 51.6 Å². The first kappa shape index (κ1) is 14.4. The Morgan fingerprint density at radius 2 is 2.11 bits per heavy atom. The zero-order chi connectivity index (χ0) is 13.7. The Bertz CT molecular complexity index is 389. The highest BCUT2D eigenvalue weighted by Crippen LogP contribution is 2.30. The van der Waals surface area contributed by atoms with Crippen molar-refractivity contribution < 1.29 is 0 Å². The number of anilines is 1. The van der Waals surface area contributed by atoms with Gasteiger partial charge in [-0.05, 0) is 43.9 Å². The molecule has 1 aromatic rings. The molecule has 1 heterocycles. The second kappa shape index (κ2) is 6.95. The molecular weight excluding hydrogens is 232 g/mol. The van der Waals surface area contributed by atoms with Crippen molar-refractivity contribution in [3.8, 4) is 0 Å². The minimum absolute atomic E-state index is 0.434. The lowest BCUT2D eigenvalue weighted by Crippen LogP contribution is -2.36. The summed E-state index contributed by atoms with van der Waals surface area (Å²) >= 11 is 0. The molecule has 2 rings (SSSR count). The second-order valence-corrected chi connectivity index (χ2v) is 5.70. The van der Waals surface area contributed by atoms with Crippen LogP contribution in [0.4, 0.5) is 5.69 Å². The molecule has 1 fully saturated rings. The van der Waals surface area contributed by atoms with E-state index in [9.17, 15) is 0 Å². The maximum absolute atomic E-state index is 3.54. The van der Waals surface area contributed by atoms with Crippen LogP contribution >= 0.6 is 0 Å². The number of benzene rings is 1. The van der Waals surface area contributed by atoms with Crippen LogP contribution in [0.15, 0.2) is 24.3 Å². The van der Waals surface area contributed by atoms with Crippen LogP contribution in [0.3, 0.4) is 0 Å². The Hall–Kier alpha value is -1.02. The van der Waals surface area contributed by atoms with Crippen molar-refractivity contribution in [1.82, 2.24) is 5.32 Å². The maximum Gasteiger partial charge on any atom is 0.0414 e. The molecule has 0 amide bonds. The largest absolute Gasteiger partial charge is 0.371 e. The smallest absolute Gasteiger partial charge is 0.0414 e. The van der Waals surface area contributed by atoms with E-state index in [1.807, 2.05) is 0 Å². The number of piperidine rings is 1. The summed E-state index contributed by atoms with van der Waals surface area (Å²) in [6, 6.07) is 9.34. The van der Waals surface area contributed by atoms with Crippen LogP contribution in [0.2, 0.25) is 0 Å². The van der Waals surface area contributed by atoms with E-state index in [1.54, 1.807) is 0 Å². The van der Waals surface area contributed by atoms with E-state index < -0.39 is 0 Å². The molecule has 0 aliphatic carbocycles. The van der Waals surface area contributed by atoms with Gasteiger partial charge in [0.15, 0.2) is 0 Å². The third-order valence-corrected chi connectivity index (χ3v) is 4.35. The Morgan fingerprint density at radius 1 is 1.32 bits per heavy atom. The Morgan fingerprint density at radius 3 is 2.84 bits per heavy atom. The fraction of sp³-hybridized carbons (Fsp3) is 0.647. The molecule has 1 saturated heterocycles. The summed E-state index contributed by atoms with van der Waals surface area (Å²) in [5.74, 6) is 0.872. The molecule has 0 radical (unpaired) electrons. The van der Waals surface area contributed by atoms with Gasteiger partial charge < -0.3 is 10.2 Å². The number of hydrogen-bond donors (Lipinski definition) is 1. The van der Waals surface area contributed by atoms with Crippen molar-refractivity contribution in [3.05, 3.63) is 29.8 Å². The summed E-state index contributed by atoms with van der Waals surface area (Å²) in [5, 5.41) is 3.54. The van der Waals surface area contributed by atoms with Gasteiger partial charge in [0, 0.05) is 24.8 Å². The Kier molecular flexibility index (Phi) is 5.26. The van der Waals surface area contributed by atoms with Gasteiger partial charge in [-0.3, -0.25) is 0 Å². The van der Waals surface area contributed by atoms with Gasteiger partial charge in [0.2, 0.25) is 0 Å². The molecule has 1 aromatic carbocycles. The highest BCUT2D eigenvalue weighted by atomic mass is 15.1. The predicted molar refractivity (Wildman–Crippen MR) is 83.8 cm³/mol. The van der Waals surface area contributed by atoms with Crippen LogP contribution in [0.5, 0.6) is 0 Å². The average Bonchev–Trinajstić information content (AvgIpc) is 2.47. The van der Waals surface area contributed by atoms with Gasteiger partial charge in [0.1, 0.15) is 0 Å². The van der Waals surface area contributed by atoms with Crippen molar-refractivity contribution in [2.75, 3.05) is 24.5 Å². The zero-order valence-electron chi connectivity index (χ0n) is 12.7. The molecule has 2 atom stereocenters. The molecule has 2 nitrogen and oxygen atoms in total. The van der Waals surface area contributed by atoms with Gasteiger partial charge in [-0.15, -0.1) is 0 Å². The van der Waals surface area contributed by atoms with Crippen LogP contribution in [0.25, 0.3) is 0 Å². The highest BCUT2D eigenvalue weighted by Gasteiger charge is 2.21. The molecule has 2 unspecified atom stereocenters. The van der Waals surface area contributed by atoms with Crippen molar-refractivity contribution in [2.45, 2.75) is 46.1 Å². The molecule has 106 valence electrons. The lowest BCUT2D eigenvalue weighted by Gasteiger charge is -2.36. The lowest BCUT2D eigenvalue weighted by molar-refractivity contribution is 0.403. The normalized spacial score (nSPS) is 21.4. The lowest BCUT2D eigenvalue weighted by atomic mass is 9.94. The van der Waals surface area contributed by atoms with Gasteiger partial charge >= 0.3 is 0 Å². The summed E-state index contributed by atoms with van der Waals surface area (Å²) in [4.78, 5) is 2.60. The van der Waals surface area contributed by atoms with E-state index in [1.165, 1.54) is 43.6 Å². The molecule has 1 aliphatic rings. The minimum Gasteiger partial charge on any atom is -0.371 e. The van der Waals surface area contributed by atoms with E-state index in [-0.39, 0.29) is 0 Å². The van der Waals surface area contributed by atoms with E-state index in [0.717, 1.165) is 12.5 Å². The first-order chi connectivity index (χ1) is 9.26. The number of rotatable bonds is 5. The minimum atomic E-state index is 0.434. The predicted octanol–water partition coefficient (Wildman–Crippen LogP) is 3.98. The molecule has 0 spiro atoms. The fourth-order valence-electron chi connectivity index (χ4n) is 3.17. The SMILES string of the molecule is CCNC(C)c1ccccc1N1CCCC(CC)C1. The van der Waals surface area contributed by atoms with Gasteiger partial charge in [0.25, 0.3) is 0 Å². The first-order valence-corrected chi connectivity index (χ1v) is 7.83. The number of nitrogens with zero attached hydrogens (tertiary/aromatic N) is 1. The Labute approximate surface area is 118 Å². The summed E-state index contributed by atoms with van der Waals surface area (Å²) in [6.07, 6.45) is 4.04.